The highest BCUT2D eigenvalue weighted by atomic mass is 79.9. The van der Waals surface area contributed by atoms with Crippen LogP contribution in [0.4, 0.5) is 27.6 Å². The summed E-state index contributed by atoms with van der Waals surface area (Å²) in [5.74, 6) is -1.46. The molecule has 0 spiro atoms. The van der Waals surface area contributed by atoms with Crippen LogP contribution in [0.25, 0.3) is 0 Å². The van der Waals surface area contributed by atoms with E-state index in [1.165, 1.54) is 15.9 Å². The summed E-state index contributed by atoms with van der Waals surface area (Å²) in [6.45, 7) is -1.24. The molecule has 0 aliphatic carbocycles. The van der Waals surface area contributed by atoms with Crippen molar-refractivity contribution in [2.24, 2.45) is 0 Å². The summed E-state index contributed by atoms with van der Waals surface area (Å²) < 4.78 is 66.3. The van der Waals surface area contributed by atoms with Crippen molar-refractivity contribution >= 4 is 27.5 Å². The molecule has 0 atom stereocenters. The molecule has 0 saturated heterocycles. The van der Waals surface area contributed by atoms with E-state index in [2.05, 4.69) is 10.1 Å². The van der Waals surface area contributed by atoms with Crippen LogP contribution in [0.1, 0.15) is 0 Å². The first-order chi connectivity index (χ1) is 8.65. The molecule has 0 saturated carbocycles. The molecule has 0 aliphatic heterocycles. The van der Waals surface area contributed by atoms with Gasteiger partial charge in [0.1, 0.15) is 5.75 Å². The van der Waals surface area contributed by atoms with E-state index in [-0.39, 0.29) is 5.69 Å². The number of ether oxygens (including phenoxy) is 1. The third kappa shape index (κ3) is 4.34. The molecule has 19 heavy (non-hydrogen) atoms. The van der Waals surface area contributed by atoms with E-state index in [0.29, 0.717) is 0 Å². The number of anilines is 1. The fourth-order valence-corrected chi connectivity index (χ4v) is 1.09. The maximum atomic E-state index is 12.8. The van der Waals surface area contributed by atoms with Gasteiger partial charge in [0.15, 0.2) is 6.67 Å². The van der Waals surface area contributed by atoms with E-state index in [0.717, 1.165) is 24.3 Å². The van der Waals surface area contributed by atoms with Crippen LogP contribution >= 0.6 is 15.9 Å². The normalized spacial score (nSPS) is 12.1. The van der Waals surface area contributed by atoms with Crippen molar-refractivity contribution in [3.63, 3.8) is 0 Å². The molecule has 0 aromatic heterocycles. The number of hydrogen-bond acceptors (Lipinski definition) is 2. The number of hydrogen-bond donors (Lipinski definition) is 1. The topological polar surface area (TPSA) is 38.3 Å². The Labute approximate surface area is 112 Å². The highest BCUT2D eigenvalue weighted by Crippen LogP contribution is 2.40. The van der Waals surface area contributed by atoms with Crippen LogP contribution < -0.4 is 10.1 Å². The van der Waals surface area contributed by atoms with Gasteiger partial charge in [0.25, 0.3) is 5.91 Å². The van der Waals surface area contributed by atoms with Crippen molar-refractivity contribution in [1.29, 1.82) is 0 Å². The molecule has 1 amide bonds. The van der Waals surface area contributed by atoms with Crippen LogP contribution in [0.15, 0.2) is 24.3 Å². The van der Waals surface area contributed by atoms with E-state index >= 15 is 0 Å². The van der Waals surface area contributed by atoms with Crippen molar-refractivity contribution in [2.75, 3.05) is 12.0 Å². The highest BCUT2D eigenvalue weighted by Gasteiger charge is 2.57. The van der Waals surface area contributed by atoms with E-state index in [4.69, 9.17) is 0 Å². The lowest BCUT2D eigenvalue weighted by atomic mass is 10.3. The smallest absolute Gasteiger partial charge is 0.427 e. The largest absolute Gasteiger partial charge is 0.475 e. The second-order valence-corrected chi connectivity index (χ2v) is 4.32. The molecule has 3 nitrogen and oxygen atoms in total. The monoisotopic (exact) mass is 347 g/mol. The first-order valence-corrected chi connectivity index (χ1v) is 5.54. The lowest BCUT2D eigenvalue weighted by Crippen LogP contribution is -2.40. The molecule has 0 radical (unpaired) electrons. The minimum Gasteiger partial charge on any atom is -0.427 e. The van der Waals surface area contributed by atoms with Gasteiger partial charge in [0.05, 0.1) is 0 Å². The number of carbonyl (C=O) groups is 1. The second-order valence-electron chi connectivity index (χ2n) is 3.32. The first-order valence-electron chi connectivity index (χ1n) is 4.75. The molecule has 0 fully saturated rings. The molecule has 1 aromatic rings. The Morgan fingerprint density at radius 1 is 1.21 bits per heavy atom. The minimum absolute atomic E-state index is 0.115. The van der Waals surface area contributed by atoms with Gasteiger partial charge in [-0.3, -0.25) is 4.79 Å². The molecular formula is C10H7BrF5NO2. The van der Waals surface area contributed by atoms with Crippen molar-refractivity contribution in [3.05, 3.63) is 24.3 Å². The van der Waals surface area contributed by atoms with Crippen molar-refractivity contribution in [3.8, 4) is 5.75 Å². The Kier molecular flexibility index (Phi) is 4.72. The molecule has 1 aromatic carbocycles. The van der Waals surface area contributed by atoms with Gasteiger partial charge in [-0.1, -0.05) is 0 Å². The molecule has 1 N–H and O–H groups in total. The molecule has 1 rings (SSSR count). The minimum atomic E-state index is -4.74. The van der Waals surface area contributed by atoms with Crippen LogP contribution in [-0.2, 0) is 4.79 Å². The summed E-state index contributed by atoms with van der Waals surface area (Å²) in [5.41, 5.74) is 0.115. The van der Waals surface area contributed by atoms with Crippen LogP contribution in [0.2, 0.25) is 0 Å². The predicted octanol–water partition coefficient (Wildman–Crippen LogP) is 3.55. The number of carbonyl (C=O) groups excluding carboxylic acids is 1. The quantitative estimate of drug-likeness (QED) is 0.653. The Bertz CT molecular complexity index is 446. The zero-order chi connectivity index (χ0) is 14.7. The van der Waals surface area contributed by atoms with Gasteiger partial charge in [-0.2, -0.15) is 17.6 Å². The third-order valence-electron chi connectivity index (χ3n) is 1.84. The van der Waals surface area contributed by atoms with Crippen LogP contribution in [0.3, 0.4) is 0 Å². The van der Waals surface area contributed by atoms with E-state index in [9.17, 15) is 26.7 Å². The summed E-state index contributed by atoms with van der Waals surface area (Å²) in [5, 5.41) is 2.10. The Hall–Kier alpha value is -1.38. The van der Waals surface area contributed by atoms with Crippen LogP contribution in [0, 0.1) is 0 Å². The Morgan fingerprint density at radius 2 is 1.74 bits per heavy atom. The second kappa shape index (κ2) is 5.72. The van der Waals surface area contributed by atoms with E-state index < -0.39 is 29.3 Å². The van der Waals surface area contributed by atoms with Crippen molar-refractivity contribution in [2.45, 2.75) is 10.9 Å². The van der Waals surface area contributed by atoms with Gasteiger partial charge in [-0.25, -0.2) is 4.39 Å². The maximum absolute atomic E-state index is 12.8. The van der Waals surface area contributed by atoms with Gasteiger partial charge < -0.3 is 10.1 Å². The van der Waals surface area contributed by atoms with Gasteiger partial charge in [-0.15, -0.1) is 0 Å². The average molecular weight is 348 g/mol. The molecule has 106 valence electrons. The molecule has 0 heterocycles. The SMILES string of the molecule is O=C(CF)Nc1ccc(OC(F)(F)C(F)(F)Br)cc1. The number of rotatable bonds is 5. The highest BCUT2D eigenvalue weighted by molar-refractivity contribution is 9.10. The summed E-state index contributed by atoms with van der Waals surface area (Å²) in [4.78, 5) is 6.16. The summed E-state index contributed by atoms with van der Waals surface area (Å²) in [6, 6.07) is 4.07. The summed E-state index contributed by atoms with van der Waals surface area (Å²) in [7, 11) is 0. The van der Waals surface area contributed by atoms with Gasteiger partial charge in [-0.05, 0) is 24.3 Å². The van der Waals surface area contributed by atoms with Crippen LogP contribution in [-0.4, -0.2) is 23.5 Å². The van der Waals surface area contributed by atoms with Gasteiger partial charge in [0, 0.05) is 21.6 Å². The zero-order valence-electron chi connectivity index (χ0n) is 9.10. The third-order valence-corrected chi connectivity index (χ3v) is 2.30. The molecular weight excluding hydrogens is 341 g/mol. The number of nitrogens with one attached hydrogen (secondary N) is 1. The van der Waals surface area contributed by atoms with E-state index in [1.807, 2.05) is 0 Å². The number of halogens is 6. The Balaban J connectivity index is 2.75. The van der Waals surface area contributed by atoms with Crippen molar-refractivity contribution in [1.82, 2.24) is 0 Å². The standard InChI is InChI=1S/C10H7BrF5NO2/c11-9(13,14)10(15,16)19-7-3-1-6(2-4-7)17-8(18)5-12/h1-4H,5H2,(H,17,18). The Morgan fingerprint density at radius 3 is 2.16 bits per heavy atom. The predicted molar refractivity (Wildman–Crippen MR) is 60.5 cm³/mol. The van der Waals surface area contributed by atoms with Crippen molar-refractivity contribution < 1.29 is 31.5 Å². The first kappa shape index (κ1) is 15.7. The van der Waals surface area contributed by atoms with Gasteiger partial charge in [0.2, 0.25) is 0 Å². The molecule has 0 bridgehead atoms. The zero-order valence-corrected chi connectivity index (χ0v) is 10.7. The fraction of sp³-hybridized carbons (Fsp3) is 0.300. The number of alkyl halides is 6. The molecule has 0 unspecified atom stereocenters. The molecule has 9 heteroatoms. The number of amides is 1. The lowest BCUT2D eigenvalue weighted by Gasteiger charge is -2.21. The fourth-order valence-electron chi connectivity index (χ4n) is 1.01. The van der Waals surface area contributed by atoms with Gasteiger partial charge >= 0.3 is 10.9 Å². The van der Waals surface area contributed by atoms with Crippen LogP contribution in [0.5, 0.6) is 5.75 Å². The summed E-state index contributed by atoms with van der Waals surface area (Å²) in [6.07, 6.45) is -4.74. The number of benzene rings is 1. The average Bonchev–Trinajstić information content (AvgIpc) is 2.29. The molecule has 0 aliphatic rings. The summed E-state index contributed by atoms with van der Waals surface area (Å²) >= 11 is 1.51. The maximum Gasteiger partial charge on any atom is 0.475 e. The van der Waals surface area contributed by atoms with E-state index in [1.54, 1.807) is 0 Å². The lowest BCUT2D eigenvalue weighted by molar-refractivity contribution is -0.266.